The highest BCUT2D eigenvalue weighted by molar-refractivity contribution is 4.90. The van der Waals surface area contributed by atoms with E-state index in [1.165, 1.54) is 6.42 Å². The van der Waals surface area contributed by atoms with E-state index in [-0.39, 0.29) is 0 Å². The molecule has 2 heterocycles. The quantitative estimate of drug-likeness (QED) is 0.806. The lowest BCUT2D eigenvalue weighted by molar-refractivity contribution is 0.244. The van der Waals surface area contributed by atoms with Gasteiger partial charge in [-0.05, 0) is 32.7 Å². The summed E-state index contributed by atoms with van der Waals surface area (Å²) in [6, 6.07) is 0.607. The molecule has 0 bridgehead atoms. The van der Waals surface area contributed by atoms with Gasteiger partial charge in [-0.3, -0.25) is 4.90 Å². The van der Waals surface area contributed by atoms with Gasteiger partial charge in [0.2, 0.25) is 0 Å². The van der Waals surface area contributed by atoms with Crippen LogP contribution in [-0.2, 0) is 13.1 Å². The van der Waals surface area contributed by atoms with E-state index in [1.54, 1.807) is 6.33 Å². The minimum absolute atomic E-state index is 0.607. The van der Waals surface area contributed by atoms with Crippen LogP contribution in [0.3, 0.4) is 0 Å². The Bertz CT molecular complexity index is 335. The Kier molecular flexibility index (Phi) is 3.56. The second kappa shape index (κ2) is 4.93. The van der Waals surface area contributed by atoms with Crippen molar-refractivity contribution in [2.24, 2.45) is 11.7 Å². The zero-order valence-corrected chi connectivity index (χ0v) is 10.1. The summed E-state index contributed by atoms with van der Waals surface area (Å²) in [5.41, 5.74) is 5.73. The average Bonchev–Trinajstić information content (AvgIpc) is 2.86. The van der Waals surface area contributed by atoms with Gasteiger partial charge in [-0.25, -0.2) is 9.67 Å². The summed E-state index contributed by atoms with van der Waals surface area (Å²) in [5, 5.41) is 4.20. The fourth-order valence-electron chi connectivity index (χ4n) is 2.47. The lowest BCUT2D eigenvalue weighted by Crippen LogP contribution is -2.29. The zero-order chi connectivity index (χ0) is 11.5. The van der Waals surface area contributed by atoms with Crippen molar-refractivity contribution in [2.75, 3.05) is 13.1 Å². The molecule has 90 valence electrons. The Labute approximate surface area is 96.6 Å². The molecule has 2 atom stereocenters. The van der Waals surface area contributed by atoms with Crippen molar-refractivity contribution in [2.45, 2.75) is 39.4 Å². The average molecular weight is 223 g/mol. The highest BCUT2D eigenvalue weighted by Crippen LogP contribution is 2.23. The predicted molar refractivity (Wildman–Crippen MR) is 62.7 cm³/mol. The Hall–Kier alpha value is -0.940. The van der Waals surface area contributed by atoms with Crippen LogP contribution in [0, 0.1) is 5.92 Å². The molecule has 0 radical (unpaired) electrons. The van der Waals surface area contributed by atoms with Gasteiger partial charge in [0, 0.05) is 19.1 Å². The number of nitrogens with zero attached hydrogens (tertiary/aromatic N) is 4. The first-order valence-corrected chi connectivity index (χ1v) is 6.05. The molecule has 1 aromatic rings. The number of aryl methyl sites for hydroxylation is 1. The summed E-state index contributed by atoms with van der Waals surface area (Å²) < 4.78 is 1.96. The molecule has 5 nitrogen and oxygen atoms in total. The number of hydrogen-bond donors (Lipinski definition) is 1. The topological polar surface area (TPSA) is 60.0 Å². The van der Waals surface area contributed by atoms with E-state index >= 15 is 0 Å². The third-order valence-corrected chi connectivity index (χ3v) is 3.46. The van der Waals surface area contributed by atoms with Crippen LogP contribution < -0.4 is 5.73 Å². The number of hydrogen-bond acceptors (Lipinski definition) is 4. The first kappa shape index (κ1) is 11.5. The summed E-state index contributed by atoms with van der Waals surface area (Å²) >= 11 is 0. The number of likely N-dealkylation sites (tertiary alicyclic amines) is 1. The van der Waals surface area contributed by atoms with Crippen LogP contribution >= 0.6 is 0 Å². The van der Waals surface area contributed by atoms with Crippen LogP contribution in [0.4, 0.5) is 0 Å². The minimum atomic E-state index is 0.607. The van der Waals surface area contributed by atoms with E-state index < -0.39 is 0 Å². The second-order valence-corrected chi connectivity index (χ2v) is 4.61. The second-order valence-electron chi connectivity index (χ2n) is 4.61. The summed E-state index contributed by atoms with van der Waals surface area (Å²) in [7, 11) is 0. The Morgan fingerprint density at radius 1 is 1.56 bits per heavy atom. The highest BCUT2D eigenvalue weighted by atomic mass is 15.3. The summed E-state index contributed by atoms with van der Waals surface area (Å²) in [4.78, 5) is 6.77. The minimum Gasteiger partial charge on any atom is -0.330 e. The van der Waals surface area contributed by atoms with Gasteiger partial charge in [-0.2, -0.15) is 5.10 Å². The van der Waals surface area contributed by atoms with Gasteiger partial charge in [-0.15, -0.1) is 0 Å². The molecule has 1 aliphatic rings. The van der Waals surface area contributed by atoms with Gasteiger partial charge in [0.05, 0.1) is 6.54 Å². The number of nitrogens with two attached hydrogens (primary N) is 1. The van der Waals surface area contributed by atoms with E-state index in [1.807, 2.05) is 4.68 Å². The zero-order valence-electron chi connectivity index (χ0n) is 10.1. The van der Waals surface area contributed by atoms with Crippen LogP contribution in [0.2, 0.25) is 0 Å². The maximum absolute atomic E-state index is 5.73. The van der Waals surface area contributed by atoms with E-state index in [4.69, 9.17) is 5.73 Å². The molecule has 0 spiro atoms. The van der Waals surface area contributed by atoms with Crippen molar-refractivity contribution >= 4 is 0 Å². The SMILES string of the molecule is CCn1ncnc1CN1CC(CN)CC1C. The monoisotopic (exact) mass is 223 g/mol. The molecule has 16 heavy (non-hydrogen) atoms. The molecule has 2 rings (SSSR count). The summed E-state index contributed by atoms with van der Waals surface area (Å²) in [6.07, 6.45) is 2.84. The standard InChI is InChI=1S/C11H21N5/c1-3-16-11(13-8-14-16)7-15-6-10(5-12)4-9(15)2/h8-10H,3-7,12H2,1-2H3. The first-order valence-electron chi connectivity index (χ1n) is 6.05. The molecule has 0 amide bonds. The van der Waals surface area contributed by atoms with Gasteiger partial charge < -0.3 is 5.73 Å². The Morgan fingerprint density at radius 3 is 3.00 bits per heavy atom. The normalized spacial score (nSPS) is 26.4. The number of rotatable bonds is 4. The van der Waals surface area contributed by atoms with Crippen LogP contribution in [0.5, 0.6) is 0 Å². The van der Waals surface area contributed by atoms with Crippen molar-refractivity contribution in [3.05, 3.63) is 12.2 Å². The van der Waals surface area contributed by atoms with Gasteiger partial charge in [0.15, 0.2) is 0 Å². The Morgan fingerprint density at radius 2 is 2.38 bits per heavy atom. The molecule has 1 aromatic heterocycles. The van der Waals surface area contributed by atoms with Crippen molar-refractivity contribution in [3.8, 4) is 0 Å². The molecule has 2 unspecified atom stereocenters. The first-order chi connectivity index (χ1) is 7.74. The molecule has 1 fully saturated rings. The molecular formula is C11H21N5. The van der Waals surface area contributed by atoms with Gasteiger partial charge in [-0.1, -0.05) is 0 Å². The van der Waals surface area contributed by atoms with Gasteiger partial charge in [0.25, 0.3) is 0 Å². The van der Waals surface area contributed by atoms with E-state index in [0.717, 1.165) is 32.0 Å². The molecule has 1 aliphatic heterocycles. The van der Waals surface area contributed by atoms with Gasteiger partial charge in [0.1, 0.15) is 12.2 Å². The van der Waals surface area contributed by atoms with Crippen LogP contribution in [0.25, 0.3) is 0 Å². The third-order valence-electron chi connectivity index (χ3n) is 3.46. The molecule has 0 aliphatic carbocycles. The largest absolute Gasteiger partial charge is 0.330 e. The molecule has 2 N–H and O–H groups in total. The van der Waals surface area contributed by atoms with Crippen LogP contribution in [-0.4, -0.2) is 38.8 Å². The lowest BCUT2D eigenvalue weighted by Gasteiger charge is -2.20. The summed E-state index contributed by atoms with van der Waals surface area (Å²) in [5.74, 6) is 1.71. The van der Waals surface area contributed by atoms with E-state index in [0.29, 0.717) is 12.0 Å². The van der Waals surface area contributed by atoms with Crippen LogP contribution in [0.1, 0.15) is 26.1 Å². The molecule has 5 heteroatoms. The predicted octanol–water partition coefficient (Wildman–Crippen LogP) is 0.467. The van der Waals surface area contributed by atoms with Crippen LogP contribution in [0.15, 0.2) is 6.33 Å². The van der Waals surface area contributed by atoms with Crippen molar-refractivity contribution in [3.63, 3.8) is 0 Å². The van der Waals surface area contributed by atoms with Crippen molar-refractivity contribution < 1.29 is 0 Å². The van der Waals surface area contributed by atoms with Gasteiger partial charge >= 0.3 is 0 Å². The lowest BCUT2D eigenvalue weighted by atomic mass is 10.1. The molecule has 1 saturated heterocycles. The maximum atomic E-state index is 5.73. The fourth-order valence-corrected chi connectivity index (χ4v) is 2.47. The third kappa shape index (κ3) is 2.25. The summed E-state index contributed by atoms with van der Waals surface area (Å²) in [6.45, 7) is 8.02. The Balaban J connectivity index is 2.00. The molecule has 0 saturated carbocycles. The van der Waals surface area contributed by atoms with Crippen molar-refractivity contribution in [1.82, 2.24) is 19.7 Å². The highest BCUT2D eigenvalue weighted by Gasteiger charge is 2.28. The molecular weight excluding hydrogens is 202 g/mol. The van der Waals surface area contributed by atoms with E-state index in [9.17, 15) is 0 Å². The number of aromatic nitrogens is 3. The fraction of sp³-hybridized carbons (Fsp3) is 0.818. The van der Waals surface area contributed by atoms with E-state index in [2.05, 4.69) is 28.8 Å². The van der Waals surface area contributed by atoms with Crippen molar-refractivity contribution in [1.29, 1.82) is 0 Å². The maximum Gasteiger partial charge on any atom is 0.141 e. The smallest absolute Gasteiger partial charge is 0.141 e. The molecule has 0 aromatic carbocycles.